The van der Waals surface area contributed by atoms with Gasteiger partial charge in [-0.1, -0.05) is 26.0 Å². The van der Waals surface area contributed by atoms with Gasteiger partial charge in [0.1, 0.15) is 17.4 Å². The van der Waals surface area contributed by atoms with E-state index in [-0.39, 0.29) is 17.4 Å². The molecule has 0 amide bonds. The van der Waals surface area contributed by atoms with Gasteiger partial charge in [-0.3, -0.25) is 9.89 Å². The third-order valence-electron chi connectivity index (χ3n) is 5.73. The SMILES string of the molecule is CCCOc1cc(F)c([C@H]2c3ccc(C)c(C=NC)c3C[C@H](C)N2CC)c(F)c1. The number of aliphatic imine (C=N–C) groups is 1. The maximum Gasteiger partial charge on any atom is 0.134 e. The van der Waals surface area contributed by atoms with Crippen LogP contribution in [0.25, 0.3) is 0 Å². The first-order valence-electron chi connectivity index (χ1n) is 10.3. The smallest absolute Gasteiger partial charge is 0.134 e. The Morgan fingerprint density at radius 2 is 1.90 bits per heavy atom. The zero-order valence-electron chi connectivity index (χ0n) is 17.9. The molecular formula is C24H30F2N2O. The Morgan fingerprint density at radius 1 is 1.21 bits per heavy atom. The summed E-state index contributed by atoms with van der Waals surface area (Å²) in [6.07, 6.45) is 3.46. The summed E-state index contributed by atoms with van der Waals surface area (Å²) in [5, 5.41) is 0. The maximum atomic E-state index is 15.2. The molecule has 0 saturated heterocycles. The second-order valence-corrected chi connectivity index (χ2v) is 7.69. The monoisotopic (exact) mass is 400 g/mol. The number of ether oxygens (including phenoxy) is 1. The molecule has 2 atom stereocenters. The molecule has 0 aliphatic carbocycles. The maximum absolute atomic E-state index is 15.2. The van der Waals surface area contributed by atoms with Crippen LogP contribution in [0.4, 0.5) is 8.78 Å². The van der Waals surface area contributed by atoms with Gasteiger partial charge >= 0.3 is 0 Å². The molecule has 0 fully saturated rings. The van der Waals surface area contributed by atoms with Crippen molar-refractivity contribution in [2.24, 2.45) is 4.99 Å². The minimum atomic E-state index is -0.564. The second-order valence-electron chi connectivity index (χ2n) is 7.69. The number of nitrogens with zero attached hydrogens (tertiary/aromatic N) is 2. The van der Waals surface area contributed by atoms with Crippen LogP contribution in [0.1, 0.15) is 61.1 Å². The highest BCUT2D eigenvalue weighted by molar-refractivity contribution is 5.84. The minimum absolute atomic E-state index is 0.0896. The summed E-state index contributed by atoms with van der Waals surface area (Å²) in [6.45, 7) is 9.28. The van der Waals surface area contributed by atoms with Gasteiger partial charge in [0, 0.05) is 37.0 Å². The molecular weight excluding hydrogens is 370 g/mol. The summed E-state index contributed by atoms with van der Waals surface area (Å²) < 4.78 is 35.9. The fourth-order valence-electron chi connectivity index (χ4n) is 4.38. The van der Waals surface area contributed by atoms with E-state index >= 15 is 8.78 Å². The van der Waals surface area contributed by atoms with Crippen LogP contribution in [-0.4, -0.2) is 37.4 Å². The fourth-order valence-corrected chi connectivity index (χ4v) is 4.38. The molecule has 3 nitrogen and oxygen atoms in total. The molecule has 2 aromatic carbocycles. The molecule has 0 unspecified atom stereocenters. The minimum Gasteiger partial charge on any atom is -0.493 e. The van der Waals surface area contributed by atoms with Crippen LogP contribution in [0.2, 0.25) is 0 Å². The quantitative estimate of drug-likeness (QED) is 0.601. The van der Waals surface area contributed by atoms with Crippen molar-refractivity contribution in [1.82, 2.24) is 4.90 Å². The number of halogens is 2. The van der Waals surface area contributed by atoms with Gasteiger partial charge in [-0.25, -0.2) is 8.78 Å². The van der Waals surface area contributed by atoms with Crippen LogP contribution in [-0.2, 0) is 6.42 Å². The number of fused-ring (bicyclic) bond motifs is 1. The van der Waals surface area contributed by atoms with E-state index in [2.05, 4.69) is 16.8 Å². The van der Waals surface area contributed by atoms with Gasteiger partial charge < -0.3 is 4.74 Å². The average molecular weight is 401 g/mol. The summed E-state index contributed by atoms with van der Waals surface area (Å²) in [5.74, 6) is -0.891. The highest BCUT2D eigenvalue weighted by Crippen LogP contribution is 2.42. The number of aryl methyl sites for hydroxylation is 1. The van der Waals surface area contributed by atoms with Gasteiger partial charge in [0.05, 0.1) is 12.6 Å². The van der Waals surface area contributed by atoms with E-state index in [0.29, 0.717) is 13.2 Å². The lowest BCUT2D eigenvalue weighted by Gasteiger charge is -2.42. The Bertz CT molecular complexity index is 887. The van der Waals surface area contributed by atoms with Crippen molar-refractivity contribution >= 4 is 6.21 Å². The summed E-state index contributed by atoms with van der Waals surface area (Å²) in [5.41, 5.74) is 4.34. The fraction of sp³-hybridized carbons (Fsp3) is 0.458. The van der Waals surface area contributed by atoms with Gasteiger partial charge in [0.2, 0.25) is 0 Å². The number of hydrogen-bond acceptors (Lipinski definition) is 3. The van der Waals surface area contributed by atoms with Gasteiger partial charge in [-0.2, -0.15) is 0 Å². The molecule has 3 rings (SSSR count). The van der Waals surface area contributed by atoms with Gasteiger partial charge in [0.15, 0.2) is 0 Å². The van der Waals surface area contributed by atoms with E-state index in [9.17, 15) is 0 Å². The molecule has 1 aliphatic heterocycles. The van der Waals surface area contributed by atoms with Crippen molar-refractivity contribution < 1.29 is 13.5 Å². The normalized spacial score (nSPS) is 19.6. The summed E-state index contributed by atoms with van der Waals surface area (Å²) in [7, 11) is 1.75. The van der Waals surface area contributed by atoms with Crippen LogP contribution in [0, 0.1) is 18.6 Å². The Hall–Kier alpha value is -2.27. The van der Waals surface area contributed by atoms with E-state index in [1.807, 2.05) is 39.1 Å². The van der Waals surface area contributed by atoms with Crippen LogP contribution >= 0.6 is 0 Å². The number of hydrogen-bond donors (Lipinski definition) is 0. The molecule has 1 heterocycles. The van der Waals surface area contributed by atoms with Crippen molar-refractivity contribution in [3.63, 3.8) is 0 Å². The largest absolute Gasteiger partial charge is 0.493 e. The van der Waals surface area contributed by atoms with Crippen molar-refractivity contribution in [1.29, 1.82) is 0 Å². The molecule has 156 valence electrons. The first-order chi connectivity index (χ1) is 13.9. The highest BCUT2D eigenvalue weighted by atomic mass is 19.1. The van der Waals surface area contributed by atoms with Gasteiger partial charge in [-0.05, 0) is 55.5 Å². The lowest BCUT2D eigenvalue weighted by Crippen LogP contribution is -2.43. The lowest BCUT2D eigenvalue weighted by atomic mass is 9.81. The average Bonchev–Trinajstić information content (AvgIpc) is 2.68. The second kappa shape index (κ2) is 9.04. The third-order valence-corrected chi connectivity index (χ3v) is 5.73. The first kappa shape index (κ1) is 21.4. The molecule has 2 aromatic rings. The predicted octanol–water partition coefficient (Wildman–Crippen LogP) is 5.47. The summed E-state index contributed by atoms with van der Waals surface area (Å²) >= 11 is 0. The van der Waals surface area contributed by atoms with Gasteiger partial charge in [0.25, 0.3) is 0 Å². The summed E-state index contributed by atoms with van der Waals surface area (Å²) in [4.78, 5) is 6.37. The zero-order valence-corrected chi connectivity index (χ0v) is 17.9. The Balaban J connectivity index is 2.20. The van der Waals surface area contributed by atoms with Crippen molar-refractivity contribution in [3.05, 3.63) is 63.7 Å². The Kier molecular flexibility index (Phi) is 6.68. The topological polar surface area (TPSA) is 24.8 Å². The lowest BCUT2D eigenvalue weighted by molar-refractivity contribution is 0.154. The highest BCUT2D eigenvalue weighted by Gasteiger charge is 2.36. The Morgan fingerprint density at radius 3 is 2.48 bits per heavy atom. The zero-order chi connectivity index (χ0) is 21.1. The molecule has 1 aliphatic rings. The molecule has 0 spiro atoms. The number of benzene rings is 2. The van der Waals surface area contributed by atoms with Crippen LogP contribution in [0.3, 0.4) is 0 Å². The molecule has 0 radical (unpaired) electrons. The van der Waals surface area contributed by atoms with E-state index < -0.39 is 17.7 Å². The van der Waals surface area contributed by atoms with Gasteiger partial charge in [-0.15, -0.1) is 0 Å². The molecule has 0 N–H and O–H groups in total. The van der Waals surface area contributed by atoms with E-state index in [1.54, 1.807) is 7.05 Å². The predicted molar refractivity (Wildman–Crippen MR) is 114 cm³/mol. The summed E-state index contributed by atoms with van der Waals surface area (Å²) in [6, 6.07) is 6.31. The molecule has 0 saturated carbocycles. The van der Waals surface area contributed by atoms with Crippen LogP contribution < -0.4 is 4.74 Å². The van der Waals surface area contributed by atoms with E-state index in [0.717, 1.165) is 35.1 Å². The third kappa shape index (κ3) is 4.06. The molecule has 29 heavy (non-hydrogen) atoms. The van der Waals surface area contributed by atoms with E-state index in [4.69, 9.17) is 4.74 Å². The number of likely N-dealkylation sites (N-methyl/N-ethyl adjacent to an activating group) is 1. The van der Waals surface area contributed by atoms with E-state index in [1.165, 1.54) is 12.1 Å². The molecule has 0 aromatic heterocycles. The van der Waals surface area contributed by atoms with Crippen LogP contribution in [0.15, 0.2) is 29.3 Å². The van der Waals surface area contributed by atoms with Crippen molar-refractivity contribution in [2.45, 2.75) is 52.6 Å². The Labute approximate surface area is 172 Å². The first-order valence-corrected chi connectivity index (χ1v) is 10.3. The standard InChI is InChI=1S/C24H30F2N2O/c1-6-10-29-17-12-21(25)23(22(26)13-17)24-18-9-8-15(3)20(14-27-5)19(18)11-16(4)28(24)7-2/h8-9,12-14,16,24H,6-7,10-11H2,1-5H3/t16-,24+/m0/s1. The van der Waals surface area contributed by atoms with Crippen LogP contribution in [0.5, 0.6) is 5.75 Å². The molecule has 5 heteroatoms. The van der Waals surface area contributed by atoms with Crippen molar-refractivity contribution in [2.75, 3.05) is 20.2 Å². The van der Waals surface area contributed by atoms with Crippen molar-refractivity contribution in [3.8, 4) is 5.75 Å². The molecule has 0 bridgehead atoms. The number of rotatable bonds is 6.